The van der Waals surface area contributed by atoms with E-state index in [1.807, 2.05) is 0 Å². The average molecular weight is 341 g/mol. The number of aromatic amines is 1. The third kappa shape index (κ3) is 4.02. The molecular formula is C16H18ClFN2O3. The third-order valence-corrected chi connectivity index (χ3v) is 4.14. The highest BCUT2D eigenvalue weighted by atomic mass is 35.5. The van der Waals surface area contributed by atoms with Crippen LogP contribution in [-0.4, -0.2) is 43.4 Å². The van der Waals surface area contributed by atoms with Crippen molar-refractivity contribution in [2.24, 2.45) is 0 Å². The second-order valence-corrected chi connectivity index (χ2v) is 5.93. The van der Waals surface area contributed by atoms with Crippen LogP contribution in [0.25, 0.3) is 10.9 Å². The van der Waals surface area contributed by atoms with Crippen LogP contribution in [-0.2, 0) is 20.7 Å². The third-order valence-electron chi connectivity index (χ3n) is 3.85. The number of amides is 1. The molecule has 1 aromatic carbocycles. The Morgan fingerprint density at radius 1 is 1.52 bits per heavy atom. The fourth-order valence-electron chi connectivity index (χ4n) is 2.64. The predicted molar refractivity (Wildman–Crippen MR) is 85.2 cm³/mol. The zero-order valence-corrected chi connectivity index (χ0v) is 13.3. The molecular weight excluding hydrogens is 323 g/mol. The van der Waals surface area contributed by atoms with Gasteiger partial charge in [0.05, 0.1) is 23.3 Å². The summed E-state index contributed by atoms with van der Waals surface area (Å²) in [6.07, 6.45) is 3.21. The molecule has 0 spiro atoms. The minimum Gasteiger partial charge on any atom is -0.379 e. The van der Waals surface area contributed by atoms with Crippen molar-refractivity contribution in [1.82, 2.24) is 10.3 Å². The number of H-pyrrole nitrogens is 1. The minimum atomic E-state index is -0.375. The van der Waals surface area contributed by atoms with Gasteiger partial charge in [-0.3, -0.25) is 4.79 Å². The zero-order valence-electron chi connectivity index (χ0n) is 12.5. The summed E-state index contributed by atoms with van der Waals surface area (Å²) in [6.45, 7) is 1.72. The van der Waals surface area contributed by atoms with Crippen LogP contribution in [0.5, 0.6) is 0 Å². The van der Waals surface area contributed by atoms with Gasteiger partial charge in [-0.15, -0.1) is 0 Å². The Morgan fingerprint density at radius 2 is 2.39 bits per heavy atom. The number of aromatic nitrogens is 1. The van der Waals surface area contributed by atoms with E-state index >= 15 is 0 Å². The van der Waals surface area contributed by atoms with E-state index in [4.69, 9.17) is 21.1 Å². The number of halogens is 2. The van der Waals surface area contributed by atoms with Gasteiger partial charge in [-0.2, -0.15) is 0 Å². The van der Waals surface area contributed by atoms with E-state index in [1.54, 1.807) is 6.20 Å². The molecule has 1 fully saturated rings. The van der Waals surface area contributed by atoms with Gasteiger partial charge in [0.15, 0.2) is 0 Å². The molecule has 1 aromatic heterocycles. The number of carbonyl (C=O) groups is 1. The molecule has 0 saturated carbocycles. The Balaban J connectivity index is 1.49. The van der Waals surface area contributed by atoms with Crippen LogP contribution >= 0.6 is 11.6 Å². The number of carbonyl (C=O) groups excluding carboxylic acids is 1. The SMILES string of the molecule is O=C(CO[C@@H]1CCOC1)NCCc1c[nH]c2c(Cl)cc(F)cc12. The highest BCUT2D eigenvalue weighted by Crippen LogP contribution is 2.26. The van der Waals surface area contributed by atoms with E-state index in [0.29, 0.717) is 36.7 Å². The monoisotopic (exact) mass is 340 g/mol. The minimum absolute atomic E-state index is 0.0134. The number of ether oxygens (including phenoxy) is 2. The van der Waals surface area contributed by atoms with Gasteiger partial charge >= 0.3 is 0 Å². The highest BCUT2D eigenvalue weighted by Gasteiger charge is 2.17. The van der Waals surface area contributed by atoms with Crippen LogP contribution in [0.1, 0.15) is 12.0 Å². The zero-order chi connectivity index (χ0) is 16.2. The summed E-state index contributed by atoms with van der Waals surface area (Å²) < 4.78 is 24.1. The van der Waals surface area contributed by atoms with Crippen molar-refractivity contribution >= 4 is 28.4 Å². The van der Waals surface area contributed by atoms with Crippen LogP contribution in [0.4, 0.5) is 4.39 Å². The maximum absolute atomic E-state index is 13.5. The van der Waals surface area contributed by atoms with Crippen LogP contribution in [0.3, 0.4) is 0 Å². The molecule has 124 valence electrons. The Bertz CT molecular complexity index is 698. The first-order valence-electron chi connectivity index (χ1n) is 7.54. The molecule has 2 heterocycles. The number of rotatable bonds is 6. The Labute approximate surface area is 138 Å². The van der Waals surface area contributed by atoms with Gasteiger partial charge in [0.1, 0.15) is 12.4 Å². The van der Waals surface area contributed by atoms with Crippen LogP contribution in [0, 0.1) is 5.82 Å². The molecule has 1 saturated heterocycles. The van der Waals surface area contributed by atoms with E-state index in [2.05, 4.69) is 10.3 Å². The van der Waals surface area contributed by atoms with Crippen molar-refractivity contribution in [2.75, 3.05) is 26.4 Å². The lowest BCUT2D eigenvalue weighted by Crippen LogP contribution is -2.31. The van der Waals surface area contributed by atoms with Gasteiger partial charge in [0, 0.05) is 24.7 Å². The fourth-order valence-corrected chi connectivity index (χ4v) is 2.90. The molecule has 0 bridgehead atoms. The summed E-state index contributed by atoms with van der Waals surface area (Å²) in [5.74, 6) is -0.541. The number of nitrogens with one attached hydrogen (secondary N) is 2. The number of hydrogen-bond donors (Lipinski definition) is 2. The molecule has 7 heteroatoms. The van der Waals surface area contributed by atoms with Gasteiger partial charge in [-0.25, -0.2) is 4.39 Å². The van der Waals surface area contributed by atoms with Crippen molar-refractivity contribution in [2.45, 2.75) is 18.9 Å². The van der Waals surface area contributed by atoms with E-state index < -0.39 is 0 Å². The molecule has 1 aliphatic heterocycles. The molecule has 5 nitrogen and oxygen atoms in total. The summed E-state index contributed by atoms with van der Waals surface area (Å²) in [6, 6.07) is 2.72. The molecule has 2 N–H and O–H groups in total. The van der Waals surface area contributed by atoms with Crippen LogP contribution < -0.4 is 5.32 Å². The Morgan fingerprint density at radius 3 is 3.17 bits per heavy atom. The molecule has 23 heavy (non-hydrogen) atoms. The molecule has 2 aromatic rings. The topological polar surface area (TPSA) is 63.4 Å². The second kappa shape index (κ2) is 7.29. The molecule has 0 aliphatic carbocycles. The first kappa shape index (κ1) is 16.2. The van der Waals surface area contributed by atoms with Crippen molar-refractivity contribution in [3.05, 3.63) is 34.7 Å². The normalized spacial score (nSPS) is 17.7. The largest absolute Gasteiger partial charge is 0.379 e. The number of hydrogen-bond acceptors (Lipinski definition) is 3. The lowest BCUT2D eigenvalue weighted by Gasteiger charge is -2.10. The van der Waals surface area contributed by atoms with E-state index in [0.717, 1.165) is 17.4 Å². The van der Waals surface area contributed by atoms with Crippen molar-refractivity contribution < 1.29 is 18.7 Å². The van der Waals surface area contributed by atoms with Gasteiger partial charge in [-0.05, 0) is 30.5 Å². The highest BCUT2D eigenvalue weighted by molar-refractivity contribution is 6.35. The van der Waals surface area contributed by atoms with Crippen LogP contribution in [0.2, 0.25) is 5.02 Å². The summed E-state index contributed by atoms with van der Waals surface area (Å²) in [5.41, 5.74) is 1.62. The summed E-state index contributed by atoms with van der Waals surface area (Å²) in [5, 5.41) is 3.88. The summed E-state index contributed by atoms with van der Waals surface area (Å²) in [4.78, 5) is 14.8. The number of fused-ring (bicyclic) bond motifs is 1. The smallest absolute Gasteiger partial charge is 0.246 e. The lowest BCUT2D eigenvalue weighted by molar-refractivity contribution is -0.127. The standard InChI is InChI=1S/C16H18ClFN2O3/c17-14-6-11(18)5-13-10(7-20-16(13)14)1-3-19-15(21)9-23-12-2-4-22-8-12/h5-7,12,20H,1-4,8-9H2,(H,19,21)/t12-/m1/s1. The molecule has 1 atom stereocenters. The predicted octanol–water partition coefficient (Wildman–Crippen LogP) is 2.42. The van der Waals surface area contributed by atoms with Gasteiger partial charge < -0.3 is 19.8 Å². The molecule has 1 aliphatic rings. The van der Waals surface area contributed by atoms with Gasteiger partial charge in [0.2, 0.25) is 5.91 Å². The van der Waals surface area contributed by atoms with Crippen LogP contribution in [0.15, 0.2) is 18.3 Å². The quantitative estimate of drug-likeness (QED) is 0.849. The Hall–Kier alpha value is -1.63. The van der Waals surface area contributed by atoms with Crippen molar-refractivity contribution in [1.29, 1.82) is 0 Å². The maximum atomic E-state index is 13.5. The average Bonchev–Trinajstić information content (AvgIpc) is 3.15. The first-order chi connectivity index (χ1) is 11.1. The summed E-state index contributed by atoms with van der Waals surface area (Å²) >= 11 is 6.00. The van der Waals surface area contributed by atoms with Gasteiger partial charge in [0.25, 0.3) is 0 Å². The second-order valence-electron chi connectivity index (χ2n) is 5.52. The van der Waals surface area contributed by atoms with Crippen molar-refractivity contribution in [3.8, 4) is 0 Å². The van der Waals surface area contributed by atoms with E-state index in [1.165, 1.54) is 12.1 Å². The molecule has 0 unspecified atom stereocenters. The van der Waals surface area contributed by atoms with E-state index in [9.17, 15) is 9.18 Å². The van der Waals surface area contributed by atoms with E-state index in [-0.39, 0.29) is 24.4 Å². The number of benzene rings is 1. The van der Waals surface area contributed by atoms with Gasteiger partial charge in [-0.1, -0.05) is 11.6 Å². The van der Waals surface area contributed by atoms with Crippen molar-refractivity contribution in [3.63, 3.8) is 0 Å². The first-order valence-corrected chi connectivity index (χ1v) is 7.92. The molecule has 0 radical (unpaired) electrons. The maximum Gasteiger partial charge on any atom is 0.246 e. The summed E-state index contributed by atoms with van der Waals surface area (Å²) in [7, 11) is 0. The lowest BCUT2D eigenvalue weighted by atomic mass is 10.1. The Kier molecular flexibility index (Phi) is 5.15. The molecule has 3 rings (SSSR count). The molecule has 1 amide bonds. The fraction of sp³-hybridized carbons (Fsp3) is 0.438.